The van der Waals surface area contributed by atoms with Crippen LogP contribution in [0.4, 0.5) is 13.2 Å². The highest BCUT2D eigenvalue weighted by Gasteiger charge is 2.79. The summed E-state index contributed by atoms with van der Waals surface area (Å²) in [5.41, 5.74) is 0.615. The molecule has 0 heterocycles. The highest BCUT2D eigenvalue weighted by Crippen LogP contribution is 2.79. The first-order valence-electron chi connectivity index (χ1n) is 13.8. The number of alkyl halides is 3. The van der Waals surface area contributed by atoms with Gasteiger partial charge in [-0.15, -0.1) is 0 Å². The molecule has 1 spiro atoms. The number of halogens is 4. The molecular weight excluding hydrogens is 688 g/mol. The summed E-state index contributed by atoms with van der Waals surface area (Å²) in [7, 11) is -6.01. The molecule has 2 bridgehead atoms. The number of hydrogen-bond acceptors (Lipinski definition) is 6. The minimum atomic E-state index is -6.01. The number of benzene rings is 1. The Morgan fingerprint density at radius 2 is 1.95 bits per heavy atom. The average molecular weight is 719 g/mol. The molecule has 1 N–H and O–H groups in total. The zero-order chi connectivity index (χ0) is 30.5. The number of carbonyl (C=O) groups is 2. The van der Waals surface area contributed by atoms with Crippen molar-refractivity contribution in [2.75, 3.05) is 6.61 Å². The number of rotatable bonds is 8. The number of allylic oxidation sites excluding steroid dienone is 5. The Balaban J connectivity index is 1.36. The van der Waals surface area contributed by atoms with Gasteiger partial charge in [0.2, 0.25) is 0 Å². The van der Waals surface area contributed by atoms with Gasteiger partial charge in [0.25, 0.3) is 0 Å². The summed E-state index contributed by atoms with van der Waals surface area (Å²) in [6, 6.07) is 5.78. The van der Waals surface area contributed by atoms with Crippen LogP contribution in [-0.2, 0) is 34.6 Å². The first kappa shape index (κ1) is 29.9. The van der Waals surface area contributed by atoms with E-state index in [1.165, 1.54) is 0 Å². The van der Waals surface area contributed by atoms with Gasteiger partial charge in [0.05, 0.1) is 18.4 Å². The predicted molar refractivity (Wildman–Crippen MR) is 154 cm³/mol. The van der Waals surface area contributed by atoms with Crippen LogP contribution in [0.15, 0.2) is 52.2 Å². The normalized spacial score (nSPS) is 36.4. The Morgan fingerprint density at radius 1 is 1.21 bits per heavy atom. The highest BCUT2D eigenvalue weighted by atomic mass is 127. The molecule has 7 rings (SSSR count). The first-order valence-corrected chi connectivity index (χ1v) is 16.4. The van der Waals surface area contributed by atoms with Crippen LogP contribution in [0, 0.1) is 23.2 Å². The maximum absolute atomic E-state index is 14.3. The number of esters is 2. The summed E-state index contributed by atoms with van der Waals surface area (Å²) in [6.45, 7) is 2.99. The molecule has 6 aliphatic rings. The molecule has 6 aliphatic carbocycles. The Morgan fingerprint density at radius 3 is 2.64 bits per heavy atom. The minimum absolute atomic E-state index is 0.148. The number of ether oxygens (including phenoxy) is 2. The monoisotopic (exact) mass is 718 g/mol. The van der Waals surface area contributed by atoms with E-state index in [1.807, 2.05) is 56.4 Å². The molecule has 12 heteroatoms. The van der Waals surface area contributed by atoms with Crippen molar-refractivity contribution in [1.82, 2.24) is 0 Å². The lowest BCUT2D eigenvalue weighted by Crippen LogP contribution is -2.61. The molecule has 1 saturated carbocycles. The summed E-state index contributed by atoms with van der Waals surface area (Å²) >= 11 is 2.22. The molecule has 0 aromatic heterocycles. The Hall–Kier alpha value is -2.19. The van der Waals surface area contributed by atoms with Crippen molar-refractivity contribution < 1.29 is 45.2 Å². The summed E-state index contributed by atoms with van der Waals surface area (Å²) in [4.78, 5) is 28.2. The molecule has 8 atom stereocenters. The summed E-state index contributed by atoms with van der Waals surface area (Å²) < 4.78 is 84.9. The van der Waals surface area contributed by atoms with E-state index in [0.29, 0.717) is 6.42 Å². The quantitative estimate of drug-likeness (QED) is 0.202. The van der Waals surface area contributed by atoms with Crippen LogP contribution in [0.2, 0.25) is 0 Å². The van der Waals surface area contributed by atoms with Crippen LogP contribution < -0.4 is 0 Å². The molecule has 1 fully saturated rings. The van der Waals surface area contributed by atoms with Crippen molar-refractivity contribution in [1.29, 1.82) is 0 Å². The van der Waals surface area contributed by atoms with Gasteiger partial charge in [-0.25, -0.2) is 4.39 Å². The lowest BCUT2D eigenvalue weighted by molar-refractivity contribution is -0.180. The van der Waals surface area contributed by atoms with Gasteiger partial charge in [0.15, 0.2) is 6.17 Å². The molecule has 226 valence electrons. The molecular formula is C30H30F3IO7S. The molecule has 0 radical (unpaired) electrons. The van der Waals surface area contributed by atoms with Gasteiger partial charge in [-0.2, -0.15) is 17.2 Å². The van der Waals surface area contributed by atoms with E-state index in [4.69, 9.17) is 14.0 Å². The lowest BCUT2D eigenvalue weighted by Gasteiger charge is -2.59. The van der Waals surface area contributed by atoms with Gasteiger partial charge in [-0.1, -0.05) is 49.4 Å². The fraction of sp³-hybridized carbons (Fsp3) is 0.533. The van der Waals surface area contributed by atoms with Gasteiger partial charge in [-0.05, 0) is 75.1 Å². The third-order valence-electron chi connectivity index (χ3n) is 9.87. The maximum atomic E-state index is 14.3. The van der Waals surface area contributed by atoms with Gasteiger partial charge in [0.1, 0.15) is 5.60 Å². The van der Waals surface area contributed by atoms with E-state index in [-0.39, 0.29) is 5.92 Å². The van der Waals surface area contributed by atoms with Gasteiger partial charge in [-0.3, -0.25) is 14.1 Å². The van der Waals surface area contributed by atoms with Crippen LogP contribution in [-0.4, -0.2) is 48.5 Å². The molecule has 0 amide bonds. The average Bonchev–Trinajstić information content (AvgIpc) is 3.56. The SMILES string of the molecule is CC1(OC(=O)C2C(C(=O)OCCC(F)C(F)(F)S(=O)(=O)O)C3c4cccc5c4[C@@]52C2C=CC=CC32C)C=C(I)CCC1. The Labute approximate surface area is 255 Å². The molecule has 0 aliphatic heterocycles. The summed E-state index contributed by atoms with van der Waals surface area (Å²) in [5, 5.41) is -5.06. The second-order valence-corrected chi connectivity index (χ2v) is 15.2. The van der Waals surface area contributed by atoms with Crippen LogP contribution in [0.1, 0.15) is 62.1 Å². The molecule has 0 saturated heterocycles. The molecule has 1 aromatic carbocycles. The Bertz CT molecular complexity index is 1570. The van der Waals surface area contributed by atoms with E-state index in [0.717, 1.165) is 33.1 Å². The molecule has 7 unspecified atom stereocenters. The smallest absolute Gasteiger partial charge is 0.400 e. The van der Waals surface area contributed by atoms with Crippen LogP contribution in [0.25, 0.3) is 0 Å². The molecule has 7 nitrogen and oxygen atoms in total. The third-order valence-corrected chi connectivity index (χ3v) is 11.7. The van der Waals surface area contributed by atoms with Crippen molar-refractivity contribution in [3.05, 3.63) is 68.8 Å². The second kappa shape index (κ2) is 9.65. The first-order chi connectivity index (χ1) is 19.6. The topological polar surface area (TPSA) is 107 Å². The largest absolute Gasteiger partial charge is 0.465 e. The number of hydrogen-bond donors (Lipinski definition) is 1. The molecule has 1 aromatic rings. The highest BCUT2D eigenvalue weighted by molar-refractivity contribution is 14.1. The van der Waals surface area contributed by atoms with E-state index < -0.39 is 80.7 Å². The number of fused-ring (bicyclic) bond motifs is 1. The van der Waals surface area contributed by atoms with Gasteiger partial charge < -0.3 is 9.47 Å². The maximum Gasteiger partial charge on any atom is 0.400 e. The van der Waals surface area contributed by atoms with Crippen molar-refractivity contribution in [2.24, 2.45) is 23.2 Å². The van der Waals surface area contributed by atoms with Crippen molar-refractivity contribution in [3.63, 3.8) is 0 Å². The van der Waals surface area contributed by atoms with E-state index in [2.05, 4.69) is 28.7 Å². The van der Waals surface area contributed by atoms with Crippen LogP contribution in [0.3, 0.4) is 0 Å². The third kappa shape index (κ3) is 4.10. The zero-order valence-electron chi connectivity index (χ0n) is 22.9. The summed E-state index contributed by atoms with van der Waals surface area (Å²) in [6.07, 6.45) is 7.71. The van der Waals surface area contributed by atoms with E-state index in [9.17, 15) is 31.2 Å². The molecule has 42 heavy (non-hydrogen) atoms. The van der Waals surface area contributed by atoms with Crippen LogP contribution in [0.5, 0.6) is 0 Å². The van der Waals surface area contributed by atoms with Crippen molar-refractivity contribution in [2.45, 2.75) is 67.9 Å². The fourth-order valence-corrected chi connectivity index (χ4v) is 9.69. The lowest BCUT2D eigenvalue weighted by atomic mass is 9.42. The van der Waals surface area contributed by atoms with Crippen molar-refractivity contribution in [3.8, 4) is 0 Å². The van der Waals surface area contributed by atoms with Crippen LogP contribution >= 0.6 is 22.6 Å². The zero-order valence-corrected chi connectivity index (χ0v) is 25.8. The minimum Gasteiger partial charge on any atom is -0.465 e. The van der Waals surface area contributed by atoms with E-state index in [1.54, 1.807) is 0 Å². The second-order valence-electron chi connectivity index (χ2n) is 12.3. The Kier molecular flexibility index (Phi) is 6.86. The number of carbonyl (C=O) groups excluding carboxylic acids is 2. The standard InChI is InChI=1S/C30H30F3IO7S/c1-27(12-6-7-16(34)15-27)41-26(36)24-21(25(35)40-14-11-20(31)30(32,33)42(37,38)39)23-17-8-5-9-18-22(17)29(18,24)19-10-3-4-13-28(19,23)2/h3-5,8-10,13,15,19-21,23-24H,6-7,11-12,14H2,1-2H3,(H,37,38,39)/t19?,20?,21?,23?,24?,27?,28?,29-/m0/s1. The van der Waals surface area contributed by atoms with Crippen molar-refractivity contribution >= 4 is 44.6 Å². The fourth-order valence-electron chi connectivity index (χ4n) is 8.21. The van der Waals surface area contributed by atoms with Gasteiger partial charge in [0, 0.05) is 29.1 Å². The summed E-state index contributed by atoms with van der Waals surface area (Å²) in [5.74, 6) is -4.14. The van der Waals surface area contributed by atoms with E-state index >= 15 is 0 Å². The predicted octanol–water partition coefficient (Wildman–Crippen LogP) is 5.93. The van der Waals surface area contributed by atoms with Gasteiger partial charge >= 0.3 is 27.3 Å².